The second-order valence-electron chi connectivity index (χ2n) is 4.84. The summed E-state index contributed by atoms with van der Waals surface area (Å²) < 4.78 is 26.5. The Labute approximate surface area is 138 Å². The summed E-state index contributed by atoms with van der Waals surface area (Å²) in [5.41, 5.74) is -0.721. The lowest BCUT2D eigenvalue weighted by atomic mass is 10.1. The summed E-state index contributed by atoms with van der Waals surface area (Å²) >= 11 is 5.07. The van der Waals surface area contributed by atoms with Crippen molar-refractivity contribution in [3.63, 3.8) is 0 Å². The molecule has 2 aromatic carbocycles. The van der Waals surface area contributed by atoms with Gasteiger partial charge in [-0.25, -0.2) is 8.78 Å². The van der Waals surface area contributed by atoms with Gasteiger partial charge in [0.05, 0.1) is 22.1 Å². The van der Waals surface area contributed by atoms with Gasteiger partial charge in [-0.1, -0.05) is 6.07 Å². The van der Waals surface area contributed by atoms with Crippen LogP contribution < -0.4 is 21.8 Å². The number of aromatic amines is 2. The number of benzene rings is 2. The van der Waals surface area contributed by atoms with Crippen molar-refractivity contribution in [2.24, 2.45) is 0 Å². The maximum atomic E-state index is 13.6. The number of rotatable bonds is 2. The Morgan fingerprint density at radius 2 is 1.67 bits per heavy atom. The van der Waals surface area contributed by atoms with Gasteiger partial charge in [0.15, 0.2) is 5.11 Å². The number of hydrogen-bond donors (Lipinski definition) is 4. The second-order valence-corrected chi connectivity index (χ2v) is 5.25. The molecule has 0 aliphatic rings. The molecule has 0 aliphatic heterocycles. The zero-order chi connectivity index (χ0) is 17.3. The van der Waals surface area contributed by atoms with Gasteiger partial charge in [0.1, 0.15) is 11.6 Å². The molecular formula is C15H10F2N4O2S. The smallest absolute Gasteiger partial charge is 0.272 e. The van der Waals surface area contributed by atoms with Gasteiger partial charge in [0.2, 0.25) is 0 Å². The van der Waals surface area contributed by atoms with Crippen molar-refractivity contribution in [3.8, 4) is 0 Å². The molecule has 0 spiro atoms. The fourth-order valence-electron chi connectivity index (χ4n) is 2.20. The predicted molar refractivity (Wildman–Crippen MR) is 91.4 cm³/mol. The van der Waals surface area contributed by atoms with E-state index in [-0.39, 0.29) is 27.3 Å². The SMILES string of the molecule is O=c1[nH][nH]c(=O)c2c(NC(=S)Nc3ccc(F)cc3F)cccc12. The van der Waals surface area contributed by atoms with Crippen LogP contribution in [0.4, 0.5) is 20.2 Å². The van der Waals surface area contributed by atoms with Gasteiger partial charge in [-0.2, -0.15) is 0 Å². The van der Waals surface area contributed by atoms with Crippen LogP contribution in [-0.4, -0.2) is 15.3 Å². The molecule has 122 valence electrons. The van der Waals surface area contributed by atoms with Gasteiger partial charge in [0.25, 0.3) is 11.1 Å². The maximum Gasteiger partial charge on any atom is 0.272 e. The average molecular weight is 348 g/mol. The predicted octanol–water partition coefficient (Wildman–Crippen LogP) is 2.30. The minimum atomic E-state index is -0.814. The molecule has 9 heteroatoms. The van der Waals surface area contributed by atoms with Crippen LogP contribution in [0.15, 0.2) is 46.0 Å². The molecule has 4 N–H and O–H groups in total. The molecule has 0 amide bonds. The highest BCUT2D eigenvalue weighted by atomic mass is 32.1. The molecule has 6 nitrogen and oxygen atoms in total. The number of nitrogens with one attached hydrogen (secondary N) is 4. The molecule has 0 atom stereocenters. The quantitative estimate of drug-likeness (QED) is 0.534. The molecule has 0 fully saturated rings. The van der Waals surface area contributed by atoms with Gasteiger partial charge in [-0.15, -0.1) is 0 Å². The molecule has 0 aliphatic carbocycles. The topological polar surface area (TPSA) is 89.8 Å². The Kier molecular flexibility index (Phi) is 4.09. The largest absolute Gasteiger partial charge is 0.332 e. The van der Waals surface area contributed by atoms with Gasteiger partial charge < -0.3 is 10.6 Å². The van der Waals surface area contributed by atoms with Crippen molar-refractivity contribution < 1.29 is 8.78 Å². The number of hydrogen-bond acceptors (Lipinski definition) is 3. The monoisotopic (exact) mass is 348 g/mol. The Morgan fingerprint density at radius 1 is 0.958 bits per heavy atom. The molecule has 1 heterocycles. The molecule has 24 heavy (non-hydrogen) atoms. The van der Waals surface area contributed by atoms with E-state index in [4.69, 9.17) is 12.2 Å². The van der Waals surface area contributed by atoms with Gasteiger partial charge in [-0.05, 0) is 36.5 Å². The minimum Gasteiger partial charge on any atom is -0.332 e. The Balaban J connectivity index is 1.93. The summed E-state index contributed by atoms with van der Waals surface area (Å²) in [6.45, 7) is 0. The first-order valence-electron chi connectivity index (χ1n) is 6.72. The fraction of sp³-hybridized carbons (Fsp3) is 0. The first kappa shape index (κ1) is 15.8. The van der Waals surface area contributed by atoms with Crippen LogP contribution in [0.2, 0.25) is 0 Å². The van der Waals surface area contributed by atoms with Crippen molar-refractivity contribution in [2.45, 2.75) is 0 Å². The summed E-state index contributed by atoms with van der Waals surface area (Å²) in [5.74, 6) is -1.52. The number of aromatic nitrogens is 2. The van der Waals surface area contributed by atoms with E-state index in [1.807, 2.05) is 0 Å². The molecule has 0 saturated heterocycles. The molecule has 3 rings (SSSR count). The Bertz CT molecular complexity index is 1060. The summed E-state index contributed by atoms with van der Waals surface area (Å²) in [7, 11) is 0. The van der Waals surface area contributed by atoms with Crippen molar-refractivity contribution in [1.29, 1.82) is 0 Å². The van der Waals surface area contributed by atoms with Crippen LogP contribution in [0.5, 0.6) is 0 Å². The summed E-state index contributed by atoms with van der Waals surface area (Å²) in [4.78, 5) is 23.7. The first-order chi connectivity index (χ1) is 11.5. The minimum absolute atomic E-state index is 0.0207. The molecule has 0 unspecified atom stereocenters. The highest BCUT2D eigenvalue weighted by Gasteiger charge is 2.10. The third-order valence-corrected chi connectivity index (χ3v) is 3.46. The molecule has 0 bridgehead atoms. The molecule has 0 saturated carbocycles. The van der Waals surface area contributed by atoms with E-state index in [0.29, 0.717) is 6.07 Å². The molecule has 3 aromatic rings. The summed E-state index contributed by atoms with van der Waals surface area (Å²) in [6.07, 6.45) is 0. The van der Waals surface area contributed by atoms with E-state index in [1.54, 1.807) is 12.1 Å². The van der Waals surface area contributed by atoms with Crippen LogP contribution in [0.25, 0.3) is 10.8 Å². The number of fused-ring (bicyclic) bond motifs is 1. The number of halogens is 2. The van der Waals surface area contributed by atoms with Crippen molar-refractivity contribution in [3.05, 3.63) is 68.7 Å². The molecule has 1 aromatic heterocycles. The van der Waals surface area contributed by atoms with Crippen LogP contribution in [0.1, 0.15) is 0 Å². The van der Waals surface area contributed by atoms with Crippen molar-refractivity contribution in [2.75, 3.05) is 10.6 Å². The summed E-state index contributed by atoms with van der Waals surface area (Å²) in [5, 5.41) is 10.0. The van der Waals surface area contributed by atoms with Gasteiger partial charge in [0, 0.05) is 6.07 Å². The van der Waals surface area contributed by atoms with Crippen LogP contribution in [0, 0.1) is 11.6 Å². The lowest BCUT2D eigenvalue weighted by molar-refractivity contribution is 0.586. The van der Waals surface area contributed by atoms with Gasteiger partial charge >= 0.3 is 0 Å². The van der Waals surface area contributed by atoms with Crippen LogP contribution in [-0.2, 0) is 0 Å². The highest BCUT2D eigenvalue weighted by molar-refractivity contribution is 7.80. The van der Waals surface area contributed by atoms with E-state index in [1.165, 1.54) is 12.1 Å². The van der Waals surface area contributed by atoms with E-state index in [2.05, 4.69) is 20.8 Å². The van der Waals surface area contributed by atoms with E-state index in [9.17, 15) is 18.4 Å². The van der Waals surface area contributed by atoms with Crippen molar-refractivity contribution in [1.82, 2.24) is 10.2 Å². The normalized spacial score (nSPS) is 10.6. The Hall–Kier alpha value is -3.07. The average Bonchev–Trinajstić information content (AvgIpc) is 2.54. The number of thiocarbonyl (C=S) groups is 1. The summed E-state index contributed by atoms with van der Waals surface area (Å²) in [6, 6.07) is 7.60. The standard InChI is InChI=1S/C15H10F2N4O2S/c16-7-4-5-10(9(17)6-7)18-15(24)19-11-3-1-2-8-12(11)14(23)21-20-13(8)22/h1-6H,(H,20,22)(H,21,23)(H2,18,19,24). The third-order valence-electron chi connectivity index (χ3n) is 3.25. The van der Waals surface area contributed by atoms with Crippen LogP contribution >= 0.6 is 12.2 Å². The van der Waals surface area contributed by atoms with Crippen molar-refractivity contribution >= 4 is 39.5 Å². The first-order valence-corrected chi connectivity index (χ1v) is 7.13. The van der Waals surface area contributed by atoms with E-state index in [0.717, 1.165) is 6.07 Å². The third kappa shape index (κ3) is 3.01. The van der Waals surface area contributed by atoms with Gasteiger partial charge in [-0.3, -0.25) is 19.8 Å². The number of anilines is 2. The fourth-order valence-corrected chi connectivity index (χ4v) is 2.42. The molecule has 0 radical (unpaired) electrons. The van der Waals surface area contributed by atoms with Crippen LogP contribution in [0.3, 0.4) is 0 Å². The lowest BCUT2D eigenvalue weighted by Gasteiger charge is -2.12. The van der Waals surface area contributed by atoms with E-state index < -0.39 is 22.8 Å². The number of H-pyrrole nitrogens is 2. The van der Waals surface area contributed by atoms with E-state index >= 15 is 0 Å². The highest BCUT2D eigenvalue weighted by Crippen LogP contribution is 2.19. The second kappa shape index (κ2) is 6.20. The zero-order valence-corrected chi connectivity index (χ0v) is 12.8. The zero-order valence-electron chi connectivity index (χ0n) is 11.9. The molecular weight excluding hydrogens is 338 g/mol. The maximum absolute atomic E-state index is 13.6. The lowest BCUT2D eigenvalue weighted by Crippen LogP contribution is -2.24. The Morgan fingerprint density at radius 3 is 2.42 bits per heavy atom.